The van der Waals surface area contributed by atoms with E-state index in [9.17, 15) is 18.7 Å². The Morgan fingerprint density at radius 1 is 1.15 bits per heavy atom. The summed E-state index contributed by atoms with van der Waals surface area (Å²) in [6, 6.07) is 11.4. The number of aliphatic hydroxyl groups is 1. The van der Waals surface area contributed by atoms with Crippen LogP contribution in [0.1, 0.15) is 74.8 Å². The Bertz CT molecular complexity index is 1280. The minimum Gasteiger partial charge on any atom is -0.392 e. The number of carbonyl (C=O) groups is 1. The minimum absolute atomic E-state index is 0.0512. The molecular weight excluding hydrogens is 528 g/mol. The Hall–Kier alpha value is -2.97. The summed E-state index contributed by atoms with van der Waals surface area (Å²) in [5.41, 5.74) is 3.14. The summed E-state index contributed by atoms with van der Waals surface area (Å²) >= 11 is 4.45. The summed E-state index contributed by atoms with van der Waals surface area (Å²) in [4.78, 5) is 24.0. The van der Waals surface area contributed by atoms with Gasteiger partial charge in [-0.25, -0.2) is 13.6 Å². The van der Waals surface area contributed by atoms with Gasteiger partial charge in [-0.1, -0.05) is 55.8 Å². The first kappa shape index (κ1) is 30.0. The third-order valence-corrected chi connectivity index (χ3v) is 7.90. The van der Waals surface area contributed by atoms with E-state index in [4.69, 9.17) is 4.99 Å². The maximum Gasteiger partial charge on any atom is 0.326 e. The van der Waals surface area contributed by atoms with Gasteiger partial charge in [0.25, 0.3) is 5.92 Å². The van der Waals surface area contributed by atoms with Gasteiger partial charge in [-0.2, -0.15) is 0 Å². The Balaban J connectivity index is 1.94. The quantitative estimate of drug-likeness (QED) is 0.260. The Morgan fingerprint density at radius 2 is 1.85 bits per heavy atom. The van der Waals surface area contributed by atoms with Crippen molar-refractivity contribution in [2.75, 3.05) is 19.7 Å². The van der Waals surface area contributed by atoms with Gasteiger partial charge < -0.3 is 10.0 Å². The second-order valence-electron chi connectivity index (χ2n) is 10.5. The Kier molecular flexibility index (Phi) is 9.85. The molecule has 2 aromatic carbocycles. The normalized spacial score (nSPS) is 20.4. The van der Waals surface area contributed by atoms with E-state index >= 15 is 0 Å². The molecule has 0 aromatic heterocycles. The molecular formula is C32H39F2N3O2S. The van der Waals surface area contributed by atoms with Gasteiger partial charge in [0.1, 0.15) is 11.9 Å². The van der Waals surface area contributed by atoms with E-state index < -0.39 is 18.0 Å². The number of piperidine rings is 1. The number of thiol groups is 1. The zero-order chi connectivity index (χ0) is 28.9. The summed E-state index contributed by atoms with van der Waals surface area (Å²) in [5, 5.41) is 9.56. The van der Waals surface area contributed by atoms with E-state index in [2.05, 4.69) is 12.6 Å². The fourth-order valence-corrected chi connectivity index (χ4v) is 5.71. The lowest BCUT2D eigenvalue weighted by Crippen LogP contribution is -2.51. The number of carbonyl (C=O) groups excluding carboxylic acids is 1. The molecule has 1 N–H and O–H groups in total. The maximum absolute atomic E-state index is 14.4. The maximum atomic E-state index is 14.4. The lowest BCUT2D eigenvalue weighted by atomic mass is 9.92. The average Bonchev–Trinajstić information content (AvgIpc) is 3.33. The summed E-state index contributed by atoms with van der Waals surface area (Å²) in [6.45, 7) is 6.01. The number of rotatable bonds is 8. The van der Waals surface area contributed by atoms with Crippen LogP contribution in [0.25, 0.3) is 0 Å². The van der Waals surface area contributed by atoms with Crippen LogP contribution in [0.3, 0.4) is 0 Å². The van der Waals surface area contributed by atoms with Crippen LogP contribution >= 0.6 is 12.6 Å². The molecule has 0 spiro atoms. The molecule has 2 amide bonds. The van der Waals surface area contributed by atoms with Crippen LogP contribution in [0.5, 0.6) is 0 Å². The number of aliphatic imine (C=N–C) groups is 1. The molecule has 5 nitrogen and oxygen atoms in total. The van der Waals surface area contributed by atoms with Crippen LogP contribution in [0.4, 0.5) is 13.6 Å². The number of halogens is 2. The predicted molar refractivity (Wildman–Crippen MR) is 159 cm³/mol. The molecule has 40 heavy (non-hydrogen) atoms. The average molecular weight is 568 g/mol. The second-order valence-corrected chi connectivity index (χ2v) is 11.0. The van der Waals surface area contributed by atoms with Crippen molar-refractivity contribution in [1.29, 1.82) is 0 Å². The van der Waals surface area contributed by atoms with Crippen LogP contribution < -0.4 is 0 Å². The number of urea groups is 1. The van der Waals surface area contributed by atoms with E-state index in [-0.39, 0.29) is 18.2 Å². The van der Waals surface area contributed by atoms with Gasteiger partial charge in [-0.05, 0) is 67.5 Å². The number of hydrogen-bond acceptors (Lipinski definition) is 4. The smallest absolute Gasteiger partial charge is 0.326 e. The standard InChI is InChI=1S/C32H39F2N3O2S/c1-4-10-24-21-25(32(3,33)34)14-17-27(24)30-35-28(23-12-15-26(40)16-13-23)29(22(5-2)11-9-20-38)37(30)31(39)36-18-7-6-8-19-36/h5,9,11-17,21,28-29,38,40H,4,6-8,10,18-20H2,1-3H3/b11-9-,22-5+. The summed E-state index contributed by atoms with van der Waals surface area (Å²) in [7, 11) is 0. The van der Waals surface area contributed by atoms with Crippen LogP contribution in [0, 0.1) is 0 Å². The molecule has 2 unspecified atom stereocenters. The second kappa shape index (κ2) is 13.1. The monoisotopic (exact) mass is 567 g/mol. The number of alkyl halides is 2. The van der Waals surface area contributed by atoms with E-state index in [0.29, 0.717) is 30.9 Å². The van der Waals surface area contributed by atoms with Gasteiger partial charge in [0.2, 0.25) is 0 Å². The zero-order valence-corrected chi connectivity index (χ0v) is 24.4. The highest BCUT2D eigenvalue weighted by Gasteiger charge is 2.44. The topological polar surface area (TPSA) is 56.1 Å². The van der Waals surface area contributed by atoms with Crippen LogP contribution in [-0.2, 0) is 12.3 Å². The first-order valence-electron chi connectivity index (χ1n) is 14.1. The van der Waals surface area contributed by atoms with E-state index in [0.717, 1.165) is 54.2 Å². The molecule has 1 saturated heterocycles. The third-order valence-electron chi connectivity index (χ3n) is 7.60. The van der Waals surface area contributed by atoms with E-state index in [1.165, 1.54) is 6.07 Å². The predicted octanol–water partition coefficient (Wildman–Crippen LogP) is 7.31. The van der Waals surface area contributed by atoms with Gasteiger partial charge >= 0.3 is 6.03 Å². The first-order chi connectivity index (χ1) is 19.2. The molecule has 0 aliphatic carbocycles. The molecule has 0 saturated carbocycles. The summed E-state index contributed by atoms with van der Waals surface area (Å²) in [5.74, 6) is -2.49. The fraction of sp³-hybridized carbons (Fsp3) is 0.438. The summed E-state index contributed by atoms with van der Waals surface area (Å²) in [6.07, 6.45) is 9.73. The van der Waals surface area contributed by atoms with Crippen molar-refractivity contribution in [2.24, 2.45) is 4.99 Å². The first-order valence-corrected chi connectivity index (χ1v) is 14.5. The molecule has 2 heterocycles. The Morgan fingerprint density at radius 3 is 2.45 bits per heavy atom. The highest BCUT2D eigenvalue weighted by Crippen LogP contribution is 2.40. The number of aryl methyl sites for hydroxylation is 1. The molecule has 2 aliphatic heterocycles. The Labute approximate surface area is 241 Å². The van der Waals surface area contributed by atoms with Crippen LogP contribution in [0.15, 0.2) is 76.2 Å². The zero-order valence-electron chi connectivity index (χ0n) is 23.5. The molecule has 2 atom stereocenters. The number of amidine groups is 1. The molecule has 2 aromatic rings. The lowest BCUT2D eigenvalue weighted by molar-refractivity contribution is 0.0174. The number of hydrogen-bond donors (Lipinski definition) is 2. The molecule has 0 radical (unpaired) electrons. The molecule has 1 fully saturated rings. The largest absolute Gasteiger partial charge is 0.392 e. The van der Waals surface area contributed by atoms with Crippen molar-refractivity contribution >= 4 is 24.5 Å². The van der Waals surface area contributed by atoms with Crippen molar-refractivity contribution in [3.63, 3.8) is 0 Å². The van der Waals surface area contributed by atoms with Crippen molar-refractivity contribution in [3.05, 3.63) is 88.5 Å². The molecule has 0 bridgehead atoms. The van der Waals surface area contributed by atoms with Gasteiger partial charge in [0, 0.05) is 36.0 Å². The highest BCUT2D eigenvalue weighted by atomic mass is 32.1. The number of aliphatic hydroxyl groups excluding tert-OH is 1. The number of amides is 2. The SMILES string of the molecule is C/C=C(\C=C/CO)C1C(c2ccc(S)cc2)N=C(c2ccc(C(C)(F)F)cc2CCC)N1C(=O)N1CCCCC1. The number of nitrogens with zero attached hydrogens (tertiary/aromatic N) is 3. The van der Waals surface area contributed by atoms with Crippen molar-refractivity contribution in [3.8, 4) is 0 Å². The van der Waals surface area contributed by atoms with E-state index in [1.54, 1.807) is 23.1 Å². The van der Waals surface area contributed by atoms with Crippen molar-refractivity contribution in [1.82, 2.24) is 9.80 Å². The lowest BCUT2D eigenvalue weighted by Gasteiger charge is -2.36. The third kappa shape index (κ3) is 6.50. The highest BCUT2D eigenvalue weighted by molar-refractivity contribution is 7.80. The van der Waals surface area contributed by atoms with E-state index in [1.807, 2.05) is 55.2 Å². The van der Waals surface area contributed by atoms with Crippen molar-refractivity contribution < 1.29 is 18.7 Å². The van der Waals surface area contributed by atoms with Crippen LogP contribution in [0.2, 0.25) is 0 Å². The fourth-order valence-electron chi connectivity index (χ4n) is 5.56. The number of benzene rings is 2. The molecule has 2 aliphatic rings. The molecule has 4 rings (SSSR count). The number of likely N-dealkylation sites (tertiary alicyclic amines) is 1. The van der Waals surface area contributed by atoms with Gasteiger partial charge in [-0.3, -0.25) is 9.89 Å². The molecule has 8 heteroatoms. The van der Waals surface area contributed by atoms with Gasteiger partial charge in [0.05, 0.1) is 12.6 Å². The number of allylic oxidation sites excluding steroid dienone is 1. The van der Waals surface area contributed by atoms with Gasteiger partial charge in [-0.15, -0.1) is 12.6 Å². The van der Waals surface area contributed by atoms with Crippen molar-refractivity contribution in [2.45, 2.75) is 75.8 Å². The van der Waals surface area contributed by atoms with Gasteiger partial charge in [0.15, 0.2) is 0 Å². The van der Waals surface area contributed by atoms with Crippen LogP contribution in [-0.4, -0.2) is 52.5 Å². The minimum atomic E-state index is -2.98. The molecule has 214 valence electrons. The summed E-state index contributed by atoms with van der Waals surface area (Å²) < 4.78 is 28.7.